The molecule has 0 saturated heterocycles. The summed E-state index contributed by atoms with van der Waals surface area (Å²) < 4.78 is 16.7. The van der Waals surface area contributed by atoms with Gasteiger partial charge in [0.1, 0.15) is 13.2 Å². The van der Waals surface area contributed by atoms with Gasteiger partial charge in [-0.25, -0.2) is 0 Å². The Morgan fingerprint density at radius 2 is 0.600 bits per heavy atom. The van der Waals surface area contributed by atoms with Crippen molar-refractivity contribution < 1.29 is 28.6 Å². The maximum absolute atomic E-state index is 12.8. The zero-order chi connectivity index (χ0) is 47.2. The van der Waals surface area contributed by atoms with Crippen molar-refractivity contribution in [3.8, 4) is 0 Å². The van der Waals surface area contributed by atoms with Crippen LogP contribution in [0.25, 0.3) is 0 Å². The molecule has 6 heteroatoms. The van der Waals surface area contributed by atoms with Crippen LogP contribution >= 0.6 is 0 Å². The lowest BCUT2D eigenvalue weighted by molar-refractivity contribution is -0.166. The zero-order valence-electron chi connectivity index (χ0n) is 42.0. The highest BCUT2D eigenvalue weighted by molar-refractivity contribution is 5.71. The summed E-state index contributed by atoms with van der Waals surface area (Å²) in [6.07, 6.45) is 70.9. The molecule has 0 heterocycles. The molecule has 0 rings (SSSR count). The molecule has 0 amide bonds. The molecule has 0 saturated carbocycles. The van der Waals surface area contributed by atoms with Gasteiger partial charge in [-0.1, -0.05) is 220 Å². The third-order valence-corrected chi connectivity index (χ3v) is 10.8. The fourth-order valence-electron chi connectivity index (χ4n) is 6.77. The van der Waals surface area contributed by atoms with E-state index in [1.165, 1.54) is 103 Å². The number of carbonyl (C=O) groups excluding carboxylic acids is 3. The third kappa shape index (κ3) is 50.9. The van der Waals surface area contributed by atoms with Gasteiger partial charge in [0.15, 0.2) is 6.10 Å². The molecule has 0 aliphatic carbocycles. The van der Waals surface area contributed by atoms with Crippen molar-refractivity contribution in [2.45, 2.75) is 232 Å². The number of unbranched alkanes of at least 4 members (excludes halogenated alkanes) is 17. The van der Waals surface area contributed by atoms with Crippen LogP contribution in [0.1, 0.15) is 226 Å². The Morgan fingerprint density at radius 3 is 1.00 bits per heavy atom. The maximum Gasteiger partial charge on any atom is 0.306 e. The van der Waals surface area contributed by atoms with Gasteiger partial charge in [-0.15, -0.1) is 0 Å². The van der Waals surface area contributed by atoms with Crippen molar-refractivity contribution in [3.63, 3.8) is 0 Å². The summed E-state index contributed by atoms with van der Waals surface area (Å²) in [4.78, 5) is 37.9. The fraction of sp³-hybridized carbons (Fsp3) is 0.644. The van der Waals surface area contributed by atoms with Crippen LogP contribution in [0, 0.1) is 0 Å². The highest BCUT2D eigenvalue weighted by Crippen LogP contribution is 2.13. The van der Waals surface area contributed by atoms with Crippen LogP contribution < -0.4 is 0 Å². The van der Waals surface area contributed by atoms with Crippen molar-refractivity contribution in [1.82, 2.24) is 0 Å². The number of ether oxygens (including phenoxy) is 3. The van der Waals surface area contributed by atoms with Crippen LogP contribution in [-0.4, -0.2) is 37.2 Å². The lowest BCUT2D eigenvalue weighted by Crippen LogP contribution is -2.30. The molecule has 0 fully saturated rings. The van der Waals surface area contributed by atoms with E-state index in [-0.39, 0.29) is 44.0 Å². The summed E-state index contributed by atoms with van der Waals surface area (Å²) in [6.45, 7) is 6.45. The highest BCUT2D eigenvalue weighted by atomic mass is 16.6. The van der Waals surface area contributed by atoms with E-state index in [1.54, 1.807) is 0 Å². The molecule has 0 aromatic rings. The molecule has 0 N–H and O–H groups in total. The Bertz CT molecular complexity index is 1360. The number of rotatable bonds is 46. The summed E-state index contributed by atoms with van der Waals surface area (Å²) in [5.74, 6) is -1.07. The molecule has 0 aromatic heterocycles. The van der Waals surface area contributed by atoms with Crippen LogP contribution in [-0.2, 0) is 28.6 Å². The Balaban J connectivity index is 4.58. The first-order chi connectivity index (χ1) is 32.0. The van der Waals surface area contributed by atoms with Crippen LogP contribution in [0.4, 0.5) is 0 Å². The summed E-state index contributed by atoms with van der Waals surface area (Å²) >= 11 is 0. The van der Waals surface area contributed by atoms with Gasteiger partial charge in [0.2, 0.25) is 0 Å². The van der Waals surface area contributed by atoms with Gasteiger partial charge >= 0.3 is 17.9 Å². The quantitative estimate of drug-likeness (QED) is 0.0262. The highest BCUT2D eigenvalue weighted by Gasteiger charge is 2.19. The van der Waals surface area contributed by atoms with E-state index in [2.05, 4.69) is 118 Å². The number of carbonyl (C=O) groups is 3. The first kappa shape index (κ1) is 61.1. The second kappa shape index (κ2) is 52.7. The number of allylic oxidation sites excluding steroid dienone is 18. The van der Waals surface area contributed by atoms with Gasteiger partial charge in [-0.05, 0) is 96.3 Å². The van der Waals surface area contributed by atoms with E-state index in [1.807, 2.05) is 12.2 Å². The average molecular weight is 901 g/mol. The van der Waals surface area contributed by atoms with E-state index in [0.29, 0.717) is 19.3 Å². The number of hydrogen-bond donors (Lipinski definition) is 0. The van der Waals surface area contributed by atoms with Crippen molar-refractivity contribution >= 4 is 17.9 Å². The average Bonchev–Trinajstić information content (AvgIpc) is 3.30. The monoisotopic (exact) mass is 901 g/mol. The van der Waals surface area contributed by atoms with E-state index in [4.69, 9.17) is 14.2 Å². The lowest BCUT2D eigenvalue weighted by atomic mass is 10.1. The lowest BCUT2D eigenvalue weighted by Gasteiger charge is -2.18. The largest absolute Gasteiger partial charge is 0.462 e. The molecule has 0 radical (unpaired) electrons. The van der Waals surface area contributed by atoms with E-state index < -0.39 is 6.10 Å². The van der Waals surface area contributed by atoms with Crippen molar-refractivity contribution in [3.05, 3.63) is 109 Å². The molecule has 0 bridgehead atoms. The second-order valence-electron chi connectivity index (χ2n) is 17.1. The van der Waals surface area contributed by atoms with Gasteiger partial charge in [0.25, 0.3) is 0 Å². The minimum Gasteiger partial charge on any atom is -0.462 e. The fourth-order valence-corrected chi connectivity index (χ4v) is 6.77. The smallest absolute Gasteiger partial charge is 0.306 e. The molecule has 0 aliphatic heterocycles. The third-order valence-electron chi connectivity index (χ3n) is 10.8. The van der Waals surface area contributed by atoms with Gasteiger partial charge in [0.05, 0.1) is 0 Å². The summed E-state index contributed by atoms with van der Waals surface area (Å²) in [5.41, 5.74) is 0. The molecule has 0 aliphatic rings. The first-order valence-electron chi connectivity index (χ1n) is 26.4. The number of hydrogen-bond acceptors (Lipinski definition) is 6. The number of esters is 3. The molecule has 0 spiro atoms. The SMILES string of the molecule is CCCCC/C=C\C/C=C\C/C=C\C/C=C\C/C=C\CCC(=O)OC[C@H](COC(=O)CCCCCCCCCCCCC)OC(=O)CCC/C=C\C/C=C\C/C=C\C/C=C\CCCCC. The Labute approximate surface area is 400 Å². The topological polar surface area (TPSA) is 78.9 Å². The van der Waals surface area contributed by atoms with Gasteiger partial charge in [0, 0.05) is 19.3 Å². The molecule has 0 aromatic carbocycles. The van der Waals surface area contributed by atoms with Crippen molar-refractivity contribution in [1.29, 1.82) is 0 Å². The summed E-state index contributed by atoms with van der Waals surface area (Å²) in [7, 11) is 0. The van der Waals surface area contributed by atoms with E-state index in [0.717, 1.165) is 70.6 Å². The summed E-state index contributed by atoms with van der Waals surface area (Å²) in [5, 5.41) is 0. The van der Waals surface area contributed by atoms with Crippen LogP contribution in [0.2, 0.25) is 0 Å². The van der Waals surface area contributed by atoms with Crippen molar-refractivity contribution in [2.75, 3.05) is 13.2 Å². The minimum absolute atomic E-state index is 0.123. The zero-order valence-corrected chi connectivity index (χ0v) is 42.0. The molecule has 368 valence electrons. The van der Waals surface area contributed by atoms with E-state index in [9.17, 15) is 14.4 Å². The second-order valence-corrected chi connectivity index (χ2v) is 17.1. The van der Waals surface area contributed by atoms with Crippen LogP contribution in [0.15, 0.2) is 109 Å². The predicted molar refractivity (Wildman–Crippen MR) is 279 cm³/mol. The molecule has 65 heavy (non-hydrogen) atoms. The molecule has 0 unspecified atom stereocenters. The maximum atomic E-state index is 12.8. The van der Waals surface area contributed by atoms with Crippen LogP contribution in [0.3, 0.4) is 0 Å². The molecule has 6 nitrogen and oxygen atoms in total. The van der Waals surface area contributed by atoms with Gasteiger partial charge in [-0.2, -0.15) is 0 Å². The molecular formula is C59H96O6. The Hall–Kier alpha value is -3.93. The van der Waals surface area contributed by atoms with Crippen molar-refractivity contribution in [2.24, 2.45) is 0 Å². The van der Waals surface area contributed by atoms with Gasteiger partial charge in [-0.3, -0.25) is 14.4 Å². The Morgan fingerprint density at radius 1 is 0.308 bits per heavy atom. The van der Waals surface area contributed by atoms with Crippen LogP contribution in [0.5, 0.6) is 0 Å². The first-order valence-corrected chi connectivity index (χ1v) is 26.4. The normalized spacial score (nSPS) is 13.0. The van der Waals surface area contributed by atoms with Gasteiger partial charge < -0.3 is 14.2 Å². The minimum atomic E-state index is -0.836. The predicted octanol–water partition coefficient (Wildman–Crippen LogP) is 17.5. The molecular weight excluding hydrogens is 805 g/mol. The summed E-state index contributed by atoms with van der Waals surface area (Å²) in [6, 6.07) is 0. The Kier molecular flexibility index (Phi) is 49.5. The standard InChI is InChI=1S/C59H96O6/c1-4-7-10-13-16-19-22-24-26-28-29-31-32-34-37-40-43-46-49-52-58(61)64-55-56(54-63-57(60)51-48-45-42-39-36-21-18-15-12-9-6-3)65-59(62)53-50-47-44-41-38-35-33-30-27-25-23-20-17-14-11-8-5-2/h16-17,19-20,24-27,29,31,33-35,37,41,43-44,46,56H,4-15,18,21-23,28,30,32,36,38-40,42,45,47-55H2,1-3H3/b19-16-,20-17-,26-24-,27-25-,31-29-,35-33-,37-34-,44-41-,46-43-/t56-/m0/s1. The van der Waals surface area contributed by atoms with E-state index >= 15 is 0 Å². The molecule has 1 atom stereocenters.